The molecule has 0 radical (unpaired) electrons. The number of hydrogen-bond donors (Lipinski definition) is 2. The van der Waals surface area contributed by atoms with Gasteiger partial charge in [0, 0.05) is 18.8 Å². The zero-order valence-corrected chi connectivity index (χ0v) is 12.1. The quantitative estimate of drug-likeness (QED) is 0.761. The van der Waals surface area contributed by atoms with Crippen molar-refractivity contribution in [3.8, 4) is 0 Å². The van der Waals surface area contributed by atoms with Crippen molar-refractivity contribution in [3.05, 3.63) is 0 Å². The summed E-state index contributed by atoms with van der Waals surface area (Å²) in [7, 11) is 1.49. The summed E-state index contributed by atoms with van der Waals surface area (Å²) in [6.07, 6.45) is 0. The number of carbonyl (C=O) groups is 3. The lowest BCUT2D eigenvalue weighted by Gasteiger charge is -2.26. The van der Waals surface area contributed by atoms with E-state index in [9.17, 15) is 14.4 Å². The first-order valence-electron chi connectivity index (χ1n) is 5.94. The van der Waals surface area contributed by atoms with Crippen LogP contribution < -0.4 is 5.32 Å². The Balaban J connectivity index is 2.57. The van der Waals surface area contributed by atoms with Crippen molar-refractivity contribution in [1.29, 1.82) is 0 Å². The molecule has 0 saturated carbocycles. The number of aliphatic carboxylic acids is 1. The average Bonchev–Trinajstić information content (AvgIpc) is 2.75. The van der Waals surface area contributed by atoms with E-state index < -0.39 is 18.0 Å². The van der Waals surface area contributed by atoms with Crippen LogP contribution in [-0.2, 0) is 9.59 Å². The molecule has 0 aromatic heterocycles. The van der Waals surface area contributed by atoms with Gasteiger partial charge < -0.3 is 20.2 Å². The van der Waals surface area contributed by atoms with E-state index >= 15 is 0 Å². The van der Waals surface area contributed by atoms with E-state index in [4.69, 9.17) is 5.11 Å². The highest BCUT2D eigenvalue weighted by Gasteiger charge is 2.36. The minimum Gasteiger partial charge on any atom is -0.480 e. The van der Waals surface area contributed by atoms with Gasteiger partial charge in [-0.2, -0.15) is 0 Å². The fourth-order valence-electron chi connectivity index (χ4n) is 1.71. The molecule has 0 aliphatic carbocycles. The molecule has 1 atom stereocenters. The first-order chi connectivity index (χ1) is 8.82. The molecule has 108 valence electrons. The first-order valence-corrected chi connectivity index (χ1v) is 7.10. The molecule has 1 rings (SSSR count). The van der Waals surface area contributed by atoms with Crippen LogP contribution in [0.4, 0.5) is 4.79 Å². The van der Waals surface area contributed by atoms with E-state index in [2.05, 4.69) is 5.32 Å². The second kappa shape index (κ2) is 6.65. The fraction of sp³-hybridized carbons (Fsp3) is 0.727. The number of carboxylic acids is 1. The number of carbonyl (C=O) groups excluding carboxylic acids is 2. The molecule has 1 saturated heterocycles. The lowest BCUT2D eigenvalue weighted by molar-refractivity contribution is -0.140. The number of carboxylic acid groups (broad SMARTS) is 1. The van der Waals surface area contributed by atoms with E-state index in [0.29, 0.717) is 11.6 Å². The lowest BCUT2D eigenvalue weighted by atomic mass is 10.3. The molecule has 7 nitrogen and oxygen atoms in total. The Morgan fingerprint density at radius 1 is 1.47 bits per heavy atom. The van der Waals surface area contributed by atoms with Gasteiger partial charge in [-0.3, -0.25) is 4.79 Å². The van der Waals surface area contributed by atoms with Gasteiger partial charge in [0.1, 0.15) is 12.6 Å². The summed E-state index contributed by atoms with van der Waals surface area (Å²) < 4.78 is 0. The topological polar surface area (TPSA) is 90.0 Å². The van der Waals surface area contributed by atoms with Crippen molar-refractivity contribution >= 4 is 29.7 Å². The van der Waals surface area contributed by atoms with E-state index in [0.717, 1.165) is 0 Å². The Labute approximate surface area is 116 Å². The smallest absolute Gasteiger partial charge is 0.327 e. The van der Waals surface area contributed by atoms with E-state index in [1.807, 2.05) is 13.8 Å². The summed E-state index contributed by atoms with van der Waals surface area (Å²) in [5.74, 6) is -0.554. The number of hydrogen-bond acceptors (Lipinski definition) is 4. The second-order valence-corrected chi connectivity index (χ2v) is 5.68. The molecule has 2 N–H and O–H groups in total. The Bertz CT molecular complexity index is 375. The van der Waals surface area contributed by atoms with Gasteiger partial charge in [0.2, 0.25) is 5.91 Å². The van der Waals surface area contributed by atoms with Crippen LogP contribution in [0.2, 0.25) is 0 Å². The minimum atomic E-state index is -1.02. The summed E-state index contributed by atoms with van der Waals surface area (Å²) in [5.41, 5.74) is 0. The van der Waals surface area contributed by atoms with Gasteiger partial charge in [0.25, 0.3) is 0 Å². The Kier molecular flexibility index (Phi) is 5.46. The zero-order valence-electron chi connectivity index (χ0n) is 11.3. The SMILES string of the molecule is CC(C)NC(=O)CN(C)C(=O)N1CSCC1C(=O)O. The molecule has 3 amide bonds. The van der Waals surface area contributed by atoms with Gasteiger partial charge in [-0.1, -0.05) is 0 Å². The first kappa shape index (κ1) is 15.6. The molecule has 1 aliphatic rings. The van der Waals surface area contributed by atoms with E-state index in [1.54, 1.807) is 0 Å². The summed E-state index contributed by atoms with van der Waals surface area (Å²) in [5, 5.41) is 11.7. The fourth-order valence-corrected chi connectivity index (χ4v) is 2.84. The van der Waals surface area contributed by atoms with Crippen molar-refractivity contribution in [2.45, 2.75) is 25.9 Å². The van der Waals surface area contributed by atoms with Crippen molar-refractivity contribution in [2.24, 2.45) is 0 Å². The largest absolute Gasteiger partial charge is 0.480 e. The molecule has 1 heterocycles. The van der Waals surface area contributed by atoms with Crippen LogP contribution in [0, 0.1) is 0 Å². The van der Waals surface area contributed by atoms with Crippen molar-refractivity contribution in [1.82, 2.24) is 15.1 Å². The second-order valence-electron chi connectivity index (χ2n) is 4.68. The zero-order chi connectivity index (χ0) is 14.6. The van der Waals surface area contributed by atoms with Crippen LogP contribution in [0.25, 0.3) is 0 Å². The van der Waals surface area contributed by atoms with Crippen molar-refractivity contribution in [2.75, 3.05) is 25.2 Å². The van der Waals surface area contributed by atoms with Gasteiger partial charge in [0.15, 0.2) is 0 Å². The number of nitrogens with zero attached hydrogens (tertiary/aromatic N) is 2. The lowest BCUT2D eigenvalue weighted by Crippen LogP contribution is -2.50. The molecule has 1 unspecified atom stereocenters. The molecular formula is C11H19N3O4S. The predicted octanol–water partition coefficient (Wildman–Crippen LogP) is 0.0223. The standard InChI is InChI=1S/C11H19N3O4S/c1-7(2)12-9(15)4-13(3)11(18)14-6-19-5-8(14)10(16)17/h7-8H,4-6H2,1-3H3,(H,12,15)(H,16,17). The van der Waals surface area contributed by atoms with Gasteiger partial charge in [-0.25, -0.2) is 9.59 Å². The monoisotopic (exact) mass is 289 g/mol. The summed E-state index contributed by atoms with van der Waals surface area (Å²) in [6, 6.07) is -1.24. The molecule has 19 heavy (non-hydrogen) atoms. The predicted molar refractivity (Wildman–Crippen MR) is 71.9 cm³/mol. The summed E-state index contributed by atoms with van der Waals surface area (Å²) >= 11 is 1.39. The number of nitrogens with one attached hydrogen (secondary N) is 1. The number of rotatable bonds is 4. The Morgan fingerprint density at radius 2 is 2.11 bits per heavy atom. The molecule has 8 heteroatoms. The Morgan fingerprint density at radius 3 is 2.63 bits per heavy atom. The third-order valence-electron chi connectivity index (χ3n) is 2.57. The number of urea groups is 1. The van der Waals surface area contributed by atoms with E-state index in [1.165, 1.54) is 28.6 Å². The number of amides is 3. The molecule has 0 spiro atoms. The van der Waals surface area contributed by atoms with Crippen LogP contribution in [0.5, 0.6) is 0 Å². The van der Waals surface area contributed by atoms with Crippen LogP contribution in [0.1, 0.15) is 13.8 Å². The van der Waals surface area contributed by atoms with E-state index in [-0.39, 0.29) is 18.5 Å². The third kappa shape index (κ3) is 4.30. The van der Waals surface area contributed by atoms with Crippen molar-refractivity contribution < 1.29 is 19.5 Å². The van der Waals surface area contributed by atoms with Crippen LogP contribution >= 0.6 is 11.8 Å². The Hall–Kier alpha value is -1.44. The van der Waals surface area contributed by atoms with Crippen molar-refractivity contribution in [3.63, 3.8) is 0 Å². The maximum Gasteiger partial charge on any atom is 0.327 e. The van der Waals surface area contributed by atoms with Crippen LogP contribution in [-0.4, -0.2) is 70.1 Å². The highest BCUT2D eigenvalue weighted by atomic mass is 32.2. The molecule has 1 aliphatic heterocycles. The summed E-state index contributed by atoms with van der Waals surface area (Å²) in [6.45, 7) is 3.58. The average molecular weight is 289 g/mol. The minimum absolute atomic E-state index is 0.00473. The van der Waals surface area contributed by atoms with Crippen LogP contribution in [0.3, 0.4) is 0 Å². The van der Waals surface area contributed by atoms with Gasteiger partial charge in [-0.05, 0) is 13.8 Å². The number of thioether (sulfide) groups is 1. The molecule has 0 aromatic rings. The van der Waals surface area contributed by atoms with Crippen LogP contribution in [0.15, 0.2) is 0 Å². The maximum absolute atomic E-state index is 12.1. The third-order valence-corrected chi connectivity index (χ3v) is 3.58. The van der Waals surface area contributed by atoms with Gasteiger partial charge >= 0.3 is 12.0 Å². The van der Waals surface area contributed by atoms with Gasteiger partial charge in [0.05, 0.1) is 5.88 Å². The normalized spacial score (nSPS) is 18.5. The molecule has 1 fully saturated rings. The molecule has 0 aromatic carbocycles. The molecular weight excluding hydrogens is 270 g/mol. The highest BCUT2D eigenvalue weighted by Crippen LogP contribution is 2.22. The molecule has 0 bridgehead atoms. The highest BCUT2D eigenvalue weighted by molar-refractivity contribution is 7.99. The number of likely N-dealkylation sites (N-methyl/N-ethyl adjacent to an activating group) is 1. The maximum atomic E-state index is 12.1. The van der Waals surface area contributed by atoms with Gasteiger partial charge in [-0.15, -0.1) is 11.8 Å². The summed E-state index contributed by atoms with van der Waals surface area (Å²) in [4.78, 5) is 37.1.